The van der Waals surface area contributed by atoms with E-state index in [-0.39, 0.29) is 0 Å². The van der Waals surface area contributed by atoms with Gasteiger partial charge in [-0.15, -0.1) is 0 Å². The smallest absolute Gasteiger partial charge is 0.219 e. The molecule has 2 aromatic rings. The third-order valence-corrected chi connectivity index (χ3v) is 3.23. The lowest BCUT2D eigenvalue weighted by atomic mass is 10.1. The summed E-state index contributed by atoms with van der Waals surface area (Å²) in [6.07, 6.45) is 1.92. The highest BCUT2D eigenvalue weighted by molar-refractivity contribution is 6.31. The lowest BCUT2D eigenvalue weighted by Crippen LogP contribution is -1.94. The maximum atomic E-state index is 9.53. The zero-order valence-corrected chi connectivity index (χ0v) is 11.7. The molecule has 1 N–H and O–H groups in total. The lowest BCUT2D eigenvalue weighted by Gasteiger charge is -2.09. The second kappa shape index (κ2) is 6.04. The summed E-state index contributed by atoms with van der Waals surface area (Å²) >= 11 is 6.06. The number of aromatic nitrogens is 1. The summed E-state index contributed by atoms with van der Waals surface area (Å²) in [5.74, 6) is 1.15. The first-order valence-electron chi connectivity index (χ1n) is 6.20. The first-order chi connectivity index (χ1) is 9.10. The van der Waals surface area contributed by atoms with Gasteiger partial charge in [-0.1, -0.05) is 18.5 Å². The molecule has 1 aromatic heterocycles. The summed E-state index contributed by atoms with van der Waals surface area (Å²) in [4.78, 5) is 4.13. The SMILES string of the molecule is CCc1cc(Oc2cc(C(C)O)ccn2)ccc1Cl. The van der Waals surface area contributed by atoms with Crippen molar-refractivity contribution in [2.75, 3.05) is 0 Å². The largest absolute Gasteiger partial charge is 0.439 e. The van der Waals surface area contributed by atoms with E-state index in [4.69, 9.17) is 16.3 Å². The van der Waals surface area contributed by atoms with Gasteiger partial charge in [0.15, 0.2) is 0 Å². The van der Waals surface area contributed by atoms with Crippen molar-refractivity contribution < 1.29 is 9.84 Å². The number of hydrogen-bond acceptors (Lipinski definition) is 3. The number of aliphatic hydroxyl groups excluding tert-OH is 1. The minimum Gasteiger partial charge on any atom is -0.439 e. The van der Waals surface area contributed by atoms with Gasteiger partial charge in [-0.05, 0) is 48.7 Å². The van der Waals surface area contributed by atoms with Crippen molar-refractivity contribution in [2.45, 2.75) is 26.4 Å². The van der Waals surface area contributed by atoms with Crippen molar-refractivity contribution in [3.63, 3.8) is 0 Å². The molecule has 0 fully saturated rings. The molecule has 0 aliphatic rings. The Morgan fingerprint density at radius 2 is 2.11 bits per heavy atom. The number of ether oxygens (including phenoxy) is 1. The van der Waals surface area contributed by atoms with Crippen molar-refractivity contribution in [3.05, 3.63) is 52.7 Å². The first-order valence-corrected chi connectivity index (χ1v) is 6.58. The van der Waals surface area contributed by atoms with Crippen LogP contribution in [0.15, 0.2) is 36.5 Å². The number of rotatable bonds is 4. The highest BCUT2D eigenvalue weighted by Crippen LogP contribution is 2.26. The monoisotopic (exact) mass is 277 g/mol. The third-order valence-electron chi connectivity index (χ3n) is 2.86. The van der Waals surface area contributed by atoms with Crippen LogP contribution in [0.1, 0.15) is 31.1 Å². The average Bonchev–Trinajstić information content (AvgIpc) is 2.41. The molecule has 0 saturated heterocycles. The highest BCUT2D eigenvalue weighted by Gasteiger charge is 2.06. The van der Waals surface area contributed by atoms with E-state index in [1.807, 2.05) is 19.1 Å². The van der Waals surface area contributed by atoms with Gasteiger partial charge in [0.1, 0.15) is 5.75 Å². The van der Waals surface area contributed by atoms with Crippen LogP contribution in [0, 0.1) is 0 Å². The van der Waals surface area contributed by atoms with Crippen LogP contribution in [-0.4, -0.2) is 10.1 Å². The second-order valence-corrected chi connectivity index (χ2v) is 4.72. The predicted molar refractivity (Wildman–Crippen MR) is 75.8 cm³/mol. The first kappa shape index (κ1) is 13.8. The van der Waals surface area contributed by atoms with Crippen LogP contribution in [0.2, 0.25) is 5.02 Å². The van der Waals surface area contributed by atoms with Gasteiger partial charge >= 0.3 is 0 Å². The van der Waals surface area contributed by atoms with Crippen LogP contribution >= 0.6 is 11.6 Å². The van der Waals surface area contributed by atoms with Gasteiger partial charge in [0.25, 0.3) is 0 Å². The predicted octanol–water partition coefficient (Wildman–Crippen LogP) is 4.14. The van der Waals surface area contributed by atoms with E-state index >= 15 is 0 Å². The van der Waals surface area contributed by atoms with E-state index in [0.29, 0.717) is 11.6 Å². The Bertz CT molecular complexity index is 570. The molecule has 0 saturated carbocycles. The number of aliphatic hydroxyl groups is 1. The van der Waals surface area contributed by atoms with Crippen molar-refractivity contribution in [1.82, 2.24) is 4.98 Å². The fourth-order valence-electron chi connectivity index (χ4n) is 1.75. The Hall–Kier alpha value is -1.58. The fourth-order valence-corrected chi connectivity index (χ4v) is 2.00. The molecule has 19 heavy (non-hydrogen) atoms. The highest BCUT2D eigenvalue weighted by atomic mass is 35.5. The van der Waals surface area contributed by atoms with Crippen molar-refractivity contribution in [3.8, 4) is 11.6 Å². The number of halogens is 1. The quantitative estimate of drug-likeness (QED) is 0.913. The molecule has 0 aliphatic carbocycles. The molecule has 0 amide bonds. The zero-order valence-electron chi connectivity index (χ0n) is 10.9. The van der Waals surface area contributed by atoms with Crippen LogP contribution in [0.4, 0.5) is 0 Å². The molecule has 0 aliphatic heterocycles. The number of pyridine rings is 1. The lowest BCUT2D eigenvalue weighted by molar-refractivity contribution is 0.198. The van der Waals surface area contributed by atoms with Crippen molar-refractivity contribution in [1.29, 1.82) is 0 Å². The Morgan fingerprint density at radius 3 is 2.79 bits per heavy atom. The van der Waals surface area contributed by atoms with E-state index in [9.17, 15) is 5.11 Å². The van der Waals surface area contributed by atoms with Crippen LogP contribution < -0.4 is 4.74 Å². The molecule has 0 radical (unpaired) electrons. The van der Waals surface area contributed by atoms with Crippen LogP contribution in [0.5, 0.6) is 11.6 Å². The topological polar surface area (TPSA) is 42.4 Å². The van der Waals surface area contributed by atoms with E-state index in [2.05, 4.69) is 4.98 Å². The van der Waals surface area contributed by atoms with Crippen molar-refractivity contribution in [2.24, 2.45) is 0 Å². The number of benzene rings is 1. The van der Waals surface area contributed by atoms with E-state index in [0.717, 1.165) is 22.6 Å². The average molecular weight is 278 g/mol. The molecule has 0 spiro atoms. The fraction of sp³-hybridized carbons (Fsp3) is 0.267. The van der Waals surface area contributed by atoms with Crippen LogP contribution in [0.25, 0.3) is 0 Å². The van der Waals surface area contributed by atoms with Gasteiger partial charge < -0.3 is 9.84 Å². The van der Waals surface area contributed by atoms with Gasteiger partial charge in [-0.3, -0.25) is 0 Å². The van der Waals surface area contributed by atoms with E-state index in [1.54, 1.807) is 31.3 Å². The standard InChI is InChI=1S/C15H16ClNO2/c1-3-11-8-13(4-5-14(11)16)19-15-9-12(10(2)18)6-7-17-15/h4-10,18H,3H2,1-2H3. The minimum atomic E-state index is -0.540. The molecule has 1 aromatic carbocycles. The summed E-state index contributed by atoms with van der Waals surface area (Å²) in [5.41, 5.74) is 1.81. The number of nitrogens with zero attached hydrogens (tertiary/aromatic N) is 1. The minimum absolute atomic E-state index is 0.461. The molecule has 4 heteroatoms. The van der Waals surface area contributed by atoms with Gasteiger partial charge in [0.05, 0.1) is 6.10 Å². The Kier molecular flexibility index (Phi) is 4.40. The van der Waals surface area contributed by atoms with E-state index < -0.39 is 6.10 Å². The molecule has 2 rings (SSSR count). The number of aryl methyl sites for hydroxylation is 1. The maximum Gasteiger partial charge on any atom is 0.219 e. The Labute approximate surface area is 117 Å². The molecule has 1 heterocycles. The van der Waals surface area contributed by atoms with Crippen molar-refractivity contribution >= 4 is 11.6 Å². The second-order valence-electron chi connectivity index (χ2n) is 4.31. The molecular formula is C15H16ClNO2. The summed E-state index contributed by atoms with van der Waals surface area (Å²) in [6.45, 7) is 3.74. The molecule has 1 unspecified atom stereocenters. The summed E-state index contributed by atoms with van der Waals surface area (Å²) in [6, 6.07) is 9.01. The number of hydrogen-bond donors (Lipinski definition) is 1. The summed E-state index contributed by atoms with van der Waals surface area (Å²) in [5, 5.41) is 10.3. The van der Waals surface area contributed by atoms with Gasteiger partial charge in [-0.25, -0.2) is 4.98 Å². The van der Waals surface area contributed by atoms with Gasteiger partial charge in [0, 0.05) is 17.3 Å². The molecule has 1 atom stereocenters. The van der Waals surface area contributed by atoms with E-state index in [1.165, 1.54) is 0 Å². The maximum absolute atomic E-state index is 9.53. The Balaban J connectivity index is 2.23. The molecule has 3 nitrogen and oxygen atoms in total. The summed E-state index contributed by atoms with van der Waals surface area (Å²) in [7, 11) is 0. The van der Waals surface area contributed by atoms with Crippen LogP contribution in [-0.2, 0) is 6.42 Å². The van der Waals surface area contributed by atoms with Gasteiger partial charge in [0.2, 0.25) is 5.88 Å². The van der Waals surface area contributed by atoms with Gasteiger partial charge in [-0.2, -0.15) is 0 Å². The normalized spacial score (nSPS) is 12.2. The molecule has 0 bridgehead atoms. The third kappa shape index (κ3) is 3.46. The zero-order chi connectivity index (χ0) is 13.8. The Morgan fingerprint density at radius 1 is 1.32 bits per heavy atom. The molecular weight excluding hydrogens is 262 g/mol. The van der Waals surface area contributed by atoms with Crippen LogP contribution in [0.3, 0.4) is 0 Å². The summed E-state index contributed by atoms with van der Waals surface area (Å²) < 4.78 is 5.69. The molecule has 100 valence electrons.